The molecule has 4 N–H and O–H groups in total. The Hall–Kier alpha value is -1.30. The third-order valence-corrected chi connectivity index (χ3v) is 2.36. The van der Waals surface area contributed by atoms with Crippen molar-refractivity contribution in [3.05, 3.63) is 0 Å². The summed E-state index contributed by atoms with van der Waals surface area (Å²) < 4.78 is 0. The van der Waals surface area contributed by atoms with Crippen molar-refractivity contribution in [3.8, 4) is 0 Å². The summed E-state index contributed by atoms with van der Waals surface area (Å²) in [5.74, 6) is -0.840. The number of hydrogen-bond acceptors (Lipinski definition) is 3. The lowest BCUT2D eigenvalue weighted by Gasteiger charge is -2.16. The van der Waals surface area contributed by atoms with Gasteiger partial charge < -0.3 is 21.1 Å². The Balaban J connectivity index is 2.11. The van der Waals surface area contributed by atoms with E-state index in [0.29, 0.717) is 26.1 Å². The van der Waals surface area contributed by atoms with Crippen molar-refractivity contribution in [2.75, 3.05) is 19.6 Å². The van der Waals surface area contributed by atoms with Crippen LogP contribution in [0.2, 0.25) is 0 Å². The van der Waals surface area contributed by atoms with Gasteiger partial charge in [-0.05, 0) is 12.8 Å². The molecule has 1 atom stereocenters. The normalized spacial score (nSPS) is 20.3. The van der Waals surface area contributed by atoms with E-state index >= 15 is 0 Å². The van der Waals surface area contributed by atoms with Crippen LogP contribution in [0.3, 0.4) is 0 Å². The van der Waals surface area contributed by atoms with E-state index in [1.807, 2.05) is 0 Å². The number of carboxylic acid groups (broad SMARTS) is 1. The van der Waals surface area contributed by atoms with Gasteiger partial charge in [0.15, 0.2) is 0 Å². The lowest BCUT2D eigenvalue weighted by atomic mass is 10.3. The Morgan fingerprint density at radius 2 is 2.27 bits per heavy atom. The first-order chi connectivity index (χ1) is 7.09. The molecule has 15 heavy (non-hydrogen) atoms. The molecule has 1 fully saturated rings. The lowest BCUT2D eigenvalue weighted by molar-refractivity contribution is -0.137. The van der Waals surface area contributed by atoms with Crippen LogP contribution in [-0.2, 0) is 4.79 Å². The fourth-order valence-corrected chi connectivity index (χ4v) is 1.52. The van der Waals surface area contributed by atoms with Gasteiger partial charge in [-0.25, -0.2) is 4.79 Å². The van der Waals surface area contributed by atoms with E-state index in [2.05, 4.69) is 5.32 Å². The zero-order valence-corrected chi connectivity index (χ0v) is 8.61. The molecule has 0 radical (unpaired) electrons. The molecule has 0 aromatic carbocycles. The summed E-state index contributed by atoms with van der Waals surface area (Å²) in [4.78, 5) is 23.3. The maximum Gasteiger partial charge on any atom is 0.317 e. The van der Waals surface area contributed by atoms with Crippen molar-refractivity contribution in [2.24, 2.45) is 5.73 Å². The standard InChI is InChI=1S/C9H17N3O3/c10-7-3-5-12(6-7)9(15)11-4-1-2-8(13)14/h7H,1-6,10H2,(H,11,15)(H,13,14). The quantitative estimate of drug-likeness (QED) is 0.556. The van der Waals surface area contributed by atoms with Crippen LogP contribution >= 0.6 is 0 Å². The predicted molar refractivity (Wildman–Crippen MR) is 54.4 cm³/mol. The van der Waals surface area contributed by atoms with Gasteiger partial charge in [-0.1, -0.05) is 0 Å². The highest BCUT2D eigenvalue weighted by Crippen LogP contribution is 2.06. The van der Waals surface area contributed by atoms with Crippen LogP contribution in [0.25, 0.3) is 0 Å². The summed E-state index contributed by atoms with van der Waals surface area (Å²) >= 11 is 0. The summed E-state index contributed by atoms with van der Waals surface area (Å²) in [5.41, 5.74) is 5.66. The first kappa shape index (κ1) is 11.8. The van der Waals surface area contributed by atoms with E-state index in [4.69, 9.17) is 10.8 Å². The monoisotopic (exact) mass is 215 g/mol. The fourth-order valence-electron chi connectivity index (χ4n) is 1.52. The van der Waals surface area contributed by atoms with Crippen LogP contribution < -0.4 is 11.1 Å². The van der Waals surface area contributed by atoms with Crippen molar-refractivity contribution in [2.45, 2.75) is 25.3 Å². The van der Waals surface area contributed by atoms with Gasteiger partial charge in [0.25, 0.3) is 0 Å². The van der Waals surface area contributed by atoms with Crippen molar-refractivity contribution in [1.29, 1.82) is 0 Å². The van der Waals surface area contributed by atoms with Gasteiger partial charge in [0.1, 0.15) is 0 Å². The summed E-state index contributed by atoms with van der Waals surface area (Å²) in [6, 6.07) is -0.0666. The number of amides is 2. The van der Waals surface area contributed by atoms with E-state index in [0.717, 1.165) is 6.42 Å². The number of aliphatic carboxylic acids is 1. The predicted octanol–water partition coefficient (Wildman–Crippen LogP) is -0.406. The molecular weight excluding hydrogens is 198 g/mol. The molecule has 2 amide bonds. The number of rotatable bonds is 4. The number of likely N-dealkylation sites (tertiary alicyclic amines) is 1. The first-order valence-electron chi connectivity index (χ1n) is 5.09. The van der Waals surface area contributed by atoms with Crippen LogP contribution in [0.4, 0.5) is 4.79 Å². The van der Waals surface area contributed by atoms with Gasteiger partial charge in [0, 0.05) is 32.1 Å². The zero-order valence-electron chi connectivity index (χ0n) is 8.61. The third-order valence-electron chi connectivity index (χ3n) is 2.36. The minimum atomic E-state index is -0.840. The lowest BCUT2D eigenvalue weighted by Crippen LogP contribution is -2.40. The molecule has 0 saturated carbocycles. The molecule has 86 valence electrons. The topological polar surface area (TPSA) is 95.7 Å². The van der Waals surface area contributed by atoms with Gasteiger partial charge in [0.2, 0.25) is 0 Å². The smallest absolute Gasteiger partial charge is 0.317 e. The number of nitrogens with two attached hydrogens (primary N) is 1. The minimum Gasteiger partial charge on any atom is -0.481 e. The molecule has 1 saturated heterocycles. The Bertz CT molecular complexity index is 245. The summed E-state index contributed by atoms with van der Waals surface area (Å²) in [6.45, 7) is 1.67. The first-order valence-corrected chi connectivity index (χ1v) is 5.09. The maximum absolute atomic E-state index is 11.4. The van der Waals surface area contributed by atoms with E-state index in [9.17, 15) is 9.59 Å². The molecule has 1 aliphatic rings. The molecule has 0 spiro atoms. The van der Waals surface area contributed by atoms with Gasteiger partial charge in [-0.15, -0.1) is 0 Å². The van der Waals surface area contributed by atoms with Crippen LogP contribution in [0.5, 0.6) is 0 Å². The average Bonchev–Trinajstić information content (AvgIpc) is 2.59. The highest BCUT2D eigenvalue weighted by molar-refractivity contribution is 5.74. The second-order valence-electron chi connectivity index (χ2n) is 3.72. The molecule has 6 heteroatoms. The van der Waals surface area contributed by atoms with E-state index < -0.39 is 5.97 Å². The second-order valence-corrected chi connectivity index (χ2v) is 3.72. The third kappa shape index (κ3) is 4.16. The molecular formula is C9H17N3O3. The van der Waals surface area contributed by atoms with Crippen LogP contribution in [0, 0.1) is 0 Å². The maximum atomic E-state index is 11.4. The SMILES string of the molecule is NC1CCN(C(=O)NCCCC(=O)O)C1. The number of hydrogen-bond donors (Lipinski definition) is 3. The number of carbonyl (C=O) groups is 2. The number of nitrogens with one attached hydrogen (secondary N) is 1. The average molecular weight is 215 g/mol. The Morgan fingerprint density at radius 1 is 1.53 bits per heavy atom. The molecule has 1 heterocycles. The molecule has 0 aromatic rings. The number of carboxylic acids is 1. The number of carbonyl (C=O) groups excluding carboxylic acids is 1. The largest absolute Gasteiger partial charge is 0.481 e. The van der Waals surface area contributed by atoms with Crippen LogP contribution in [0.1, 0.15) is 19.3 Å². The Kier molecular flexibility index (Phi) is 4.36. The molecule has 1 aliphatic heterocycles. The molecule has 1 unspecified atom stereocenters. The highest BCUT2D eigenvalue weighted by Gasteiger charge is 2.22. The summed E-state index contributed by atoms with van der Waals surface area (Å²) in [5, 5.41) is 11.1. The van der Waals surface area contributed by atoms with Gasteiger partial charge in [-0.3, -0.25) is 4.79 Å². The van der Waals surface area contributed by atoms with Gasteiger partial charge in [0.05, 0.1) is 0 Å². The number of urea groups is 1. The van der Waals surface area contributed by atoms with Gasteiger partial charge >= 0.3 is 12.0 Å². The Labute approximate surface area is 88.4 Å². The van der Waals surface area contributed by atoms with Crippen molar-refractivity contribution >= 4 is 12.0 Å². The Morgan fingerprint density at radius 3 is 2.80 bits per heavy atom. The van der Waals surface area contributed by atoms with E-state index in [-0.39, 0.29) is 18.5 Å². The molecule has 0 aliphatic carbocycles. The van der Waals surface area contributed by atoms with E-state index in [1.165, 1.54) is 0 Å². The summed E-state index contributed by atoms with van der Waals surface area (Å²) in [7, 11) is 0. The second kappa shape index (κ2) is 5.55. The van der Waals surface area contributed by atoms with Crippen LogP contribution in [-0.4, -0.2) is 47.7 Å². The van der Waals surface area contributed by atoms with Gasteiger partial charge in [-0.2, -0.15) is 0 Å². The van der Waals surface area contributed by atoms with Crippen molar-refractivity contribution < 1.29 is 14.7 Å². The summed E-state index contributed by atoms with van der Waals surface area (Å²) in [6.07, 6.45) is 1.38. The highest BCUT2D eigenvalue weighted by atomic mass is 16.4. The number of nitrogens with zero attached hydrogens (tertiary/aromatic N) is 1. The van der Waals surface area contributed by atoms with Crippen LogP contribution in [0.15, 0.2) is 0 Å². The molecule has 0 bridgehead atoms. The molecule has 0 aromatic heterocycles. The minimum absolute atomic E-state index is 0.0785. The van der Waals surface area contributed by atoms with Crippen molar-refractivity contribution in [1.82, 2.24) is 10.2 Å². The zero-order chi connectivity index (χ0) is 11.3. The van der Waals surface area contributed by atoms with Crippen molar-refractivity contribution in [3.63, 3.8) is 0 Å². The molecule has 1 rings (SSSR count). The van der Waals surface area contributed by atoms with E-state index in [1.54, 1.807) is 4.90 Å². The molecule has 6 nitrogen and oxygen atoms in total. The fraction of sp³-hybridized carbons (Fsp3) is 0.778.